The van der Waals surface area contributed by atoms with Crippen LogP contribution in [0.1, 0.15) is 6.92 Å². The van der Waals surface area contributed by atoms with Gasteiger partial charge in [-0.2, -0.15) is 0 Å². The van der Waals surface area contributed by atoms with Gasteiger partial charge in [0, 0.05) is 0 Å². The van der Waals surface area contributed by atoms with Crippen molar-refractivity contribution in [2.75, 3.05) is 0 Å². The fourth-order valence-electron chi connectivity index (χ4n) is 0.733. The summed E-state index contributed by atoms with van der Waals surface area (Å²) in [6.45, 7) is 1.06. The van der Waals surface area contributed by atoms with E-state index >= 15 is 0 Å². The highest BCUT2D eigenvalue weighted by Gasteiger charge is 2.48. The molecule has 2 N–H and O–H groups in total. The minimum atomic E-state index is -2.04. The molecule has 1 saturated heterocycles. The second-order valence-electron chi connectivity index (χ2n) is 2.26. The van der Waals surface area contributed by atoms with E-state index in [0.717, 1.165) is 6.92 Å². The van der Waals surface area contributed by atoms with E-state index in [4.69, 9.17) is 5.11 Å². The first kappa shape index (κ1) is 7.67. The fraction of sp³-hybridized carbons (Fsp3) is 0.400. The largest absolute Gasteiger partial charge is 0.363 e. The number of nitrogens with one attached hydrogen (secondary N) is 1. The van der Waals surface area contributed by atoms with Crippen molar-refractivity contribution in [3.63, 3.8) is 0 Å². The smallest absolute Gasteiger partial charge is 0.333 e. The van der Waals surface area contributed by atoms with Gasteiger partial charge in [0.25, 0.3) is 5.91 Å². The highest BCUT2D eigenvalue weighted by atomic mass is 16.3. The van der Waals surface area contributed by atoms with Gasteiger partial charge in [-0.3, -0.25) is 14.9 Å². The Bertz CT molecular complexity index is 235. The van der Waals surface area contributed by atoms with Crippen molar-refractivity contribution in [3.8, 4) is 0 Å². The number of hydrogen-bond acceptors (Lipinski definition) is 4. The molecular weight excluding hydrogens is 152 g/mol. The zero-order valence-electron chi connectivity index (χ0n) is 5.70. The average Bonchev–Trinajstić information content (AvgIpc) is 2.04. The minimum Gasteiger partial charge on any atom is -0.363 e. The quantitative estimate of drug-likeness (QED) is 0.355. The van der Waals surface area contributed by atoms with Crippen LogP contribution in [0.15, 0.2) is 0 Å². The minimum absolute atomic E-state index is 0.0975. The number of carbonyl (C=O) groups excluding carboxylic acids is 3. The molecule has 0 aromatic rings. The summed E-state index contributed by atoms with van der Waals surface area (Å²) in [5.74, 6) is -0.894. The van der Waals surface area contributed by atoms with Gasteiger partial charge in [0.1, 0.15) is 0 Å². The third kappa shape index (κ3) is 0.874. The average molecular weight is 158 g/mol. The summed E-state index contributed by atoms with van der Waals surface area (Å²) in [6, 6.07) is -0.907. The maximum Gasteiger partial charge on any atom is 0.333 e. The van der Waals surface area contributed by atoms with Gasteiger partial charge in [-0.25, -0.2) is 9.69 Å². The number of hydrogen-bond donors (Lipinski definition) is 2. The summed E-state index contributed by atoms with van der Waals surface area (Å²) in [5.41, 5.74) is -2.04. The molecule has 1 atom stereocenters. The predicted molar refractivity (Wildman–Crippen MR) is 32.1 cm³/mol. The van der Waals surface area contributed by atoms with Gasteiger partial charge in [-0.05, 0) is 6.92 Å². The van der Waals surface area contributed by atoms with Gasteiger partial charge in [0.15, 0.2) is 0 Å². The SMILES string of the molecule is CC1(O)C(=O)NC(=O)N1C=O. The van der Waals surface area contributed by atoms with Crippen LogP contribution < -0.4 is 5.32 Å². The van der Waals surface area contributed by atoms with Gasteiger partial charge < -0.3 is 5.11 Å². The first-order chi connectivity index (χ1) is 5.00. The van der Waals surface area contributed by atoms with Crippen molar-refractivity contribution in [2.24, 2.45) is 0 Å². The van der Waals surface area contributed by atoms with Crippen molar-refractivity contribution in [2.45, 2.75) is 12.6 Å². The first-order valence-electron chi connectivity index (χ1n) is 2.82. The van der Waals surface area contributed by atoms with Crippen LogP contribution in [0.5, 0.6) is 0 Å². The van der Waals surface area contributed by atoms with Crippen LogP contribution in [-0.2, 0) is 9.59 Å². The van der Waals surface area contributed by atoms with Gasteiger partial charge >= 0.3 is 6.03 Å². The monoisotopic (exact) mass is 158 g/mol. The van der Waals surface area contributed by atoms with Crippen molar-refractivity contribution in [1.29, 1.82) is 0 Å². The molecule has 6 nitrogen and oxygen atoms in total. The third-order valence-corrected chi connectivity index (χ3v) is 1.44. The van der Waals surface area contributed by atoms with Crippen LogP contribution >= 0.6 is 0 Å². The molecular formula is C5H6N2O4. The van der Waals surface area contributed by atoms with Gasteiger partial charge in [-0.15, -0.1) is 0 Å². The van der Waals surface area contributed by atoms with Gasteiger partial charge in [-0.1, -0.05) is 0 Å². The Balaban J connectivity index is 3.02. The molecule has 4 amide bonds. The summed E-state index contributed by atoms with van der Waals surface area (Å²) in [6.07, 6.45) is 0.0975. The number of carbonyl (C=O) groups is 3. The third-order valence-electron chi connectivity index (χ3n) is 1.44. The van der Waals surface area contributed by atoms with Crippen LogP contribution in [0.25, 0.3) is 0 Å². The lowest BCUT2D eigenvalue weighted by Gasteiger charge is -2.19. The normalized spacial score (nSPS) is 30.5. The number of nitrogens with zero attached hydrogens (tertiary/aromatic N) is 1. The molecule has 0 aromatic carbocycles. The second-order valence-corrected chi connectivity index (χ2v) is 2.26. The Morgan fingerprint density at radius 2 is 2.18 bits per heavy atom. The van der Waals surface area contributed by atoms with Crippen molar-refractivity contribution < 1.29 is 19.5 Å². The lowest BCUT2D eigenvalue weighted by molar-refractivity contribution is -0.149. The molecule has 0 aromatic heterocycles. The summed E-state index contributed by atoms with van der Waals surface area (Å²) in [4.78, 5) is 31.8. The Morgan fingerprint density at radius 1 is 1.64 bits per heavy atom. The lowest BCUT2D eigenvalue weighted by atomic mass is 10.2. The molecule has 0 aliphatic carbocycles. The van der Waals surface area contributed by atoms with E-state index in [2.05, 4.69) is 0 Å². The molecule has 0 bridgehead atoms. The Hall–Kier alpha value is -1.43. The molecule has 60 valence electrons. The molecule has 0 spiro atoms. The number of aliphatic hydroxyl groups is 1. The molecule has 11 heavy (non-hydrogen) atoms. The van der Waals surface area contributed by atoms with Crippen molar-refractivity contribution >= 4 is 18.3 Å². The number of urea groups is 1. The number of rotatable bonds is 1. The second kappa shape index (κ2) is 2.03. The summed E-state index contributed by atoms with van der Waals surface area (Å²) >= 11 is 0. The molecule has 1 fully saturated rings. The highest BCUT2D eigenvalue weighted by molar-refractivity contribution is 6.09. The van der Waals surface area contributed by atoms with Gasteiger partial charge in [0.05, 0.1) is 0 Å². The van der Waals surface area contributed by atoms with Crippen LogP contribution in [0.3, 0.4) is 0 Å². The van der Waals surface area contributed by atoms with E-state index in [1.807, 2.05) is 0 Å². The molecule has 1 rings (SSSR count). The molecule has 1 aliphatic rings. The molecule has 6 heteroatoms. The molecule has 1 heterocycles. The van der Waals surface area contributed by atoms with Crippen LogP contribution in [0.2, 0.25) is 0 Å². The Morgan fingerprint density at radius 3 is 2.36 bits per heavy atom. The first-order valence-corrected chi connectivity index (χ1v) is 2.82. The zero-order chi connectivity index (χ0) is 8.65. The molecule has 0 saturated carbocycles. The Kier molecular flexibility index (Phi) is 1.41. The predicted octanol–water partition coefficient (Wildman–Crippen LogP) is -1.60. The maximum absolute atomic E-state index is 10.7. The summed E-state index contributed by atoms with van der Waals surface area (Å²) in [7, 11) is 0. The van der Waals surface area contributed by atoms with E-state index in [9.17, 15) is 14.4 Å². The summed E-state index contributed by atoms with van der Waals surface area (Å²) in [5, 5.41) is 10.9. The van der Waals surface area contributed by atoms with E-state index < -0.39 is 17.7 Å². The van der Waals surface area contributed by atoms with Crippen LogP contribution in [0.4, 0.5) is 4.79 Å². The molecule has 1 unspecified atom stereocenters. The standard InChI is InChI=1S/C5H6N2O4/c1-5(11)3(9)6-4(10)7(5)2-8/h2,11H,1H3,(H,6,9,10). The summed E-state index contributed by atoms with van der Waals surface area (Å²) < 4.78 is 0. The lowest BCUT2D eigenvalue weighted by Crippen LogP contribution is -2.45. The topological polar surface area (TPSA) is 86.7 Å². The van der Waals surface area contributed by atoms with Crippen molar-refractivity contribution in [3.05, 3.63) is 0 Å². The van der Waals surface area contributed by atoms with E-state index in [1.54, 1.807) is 5.32 Å². The zero-order valence-corrected chi connectivity index (χ0v) is 5.70. The Labute approximate surface area is 61.8 Å². The maximum atomic E-state index is 10.7. The number of amides is 4. The molecule has 1 aliphatic heterocycles. The molecule has 0 radical (unpaired) electrons. The fourth-order valence-corrected chi connectivity index (χ4v) is 0.733. The van der Waals surface area contributed by atoms with Crippen molar-refractivity contribution in [1.82, 2.24) is 10.2 Å². The van der Waals surface area contributed by atoms with E-state index in [1.165, 1.54) is 0 Å². The highest BCUT2D eigenvalue weighted by Crippen LogP contribution is 2.15. The van der Waals surface area contributed by atoms with Crippen LogP contribution in [0, 0.1) is 0 Å². The van der Waals surface area contributed by atoms with Crippen LogP contribution in [-0.4, -0.2) is 34.1 Å². The van der Waals surface area contributed by atoms with E-state index in [-0.39, 0.29) is 6.41 Å². The number of imide groups is 2. The van der Waals surface area contributed by atoms with Gasteiger partial charge in [0.2, 0.25) is 12.1 Å². The van der Waals surface area contributed by atoms with E-state index in [0.29, 0.717) is 4.90 Å².